The molecule has 1 atom stereocenters. The number of aromatic nitrogens is 6. The van der Waals surface area contributed by atoms with Crippen molar-refractivity contribution in [2.24, 2.45) is 11.3 Å². The lowest BCUT2D eigenvalue weighted by molar-refractivity contribution is -0.389. The summed E-state index contributed by atoms with van der Waals surface area (Å²) in [7, 11) is 0. The van der Waals surface area contributed by atoms with E-state index in [4.69, 9.17) is 4.98 Å². The molecule has 0 radical (unpaired) electrons. The van der Waals surface area contributed by atoms with Gasteiger partial charge in [-0.15, -0.1) is 16.4 Å². The van der Waals surface area contributed by atoms with E-state index in [1.54, 1.807) is 26.9 Å². The highest BCUT2D eigenvalue weighted by Crippen LogP contribution is 2.44. The lowest BCUT2D eigenvalue weighted by atomic mass is 9.70. The molecule has 4 heterocycles. The smallest absolute Gasteiger partial charge is 0.358 e. The highest BCUT2D eigenvalue weighted by atomic mass is 32.1. The first-order valence-corrected chi connectivity index (χ1v) is 11.9. The van der Waals surface area contributed by atoms with Crippen molar-refractivity contribution in [2.45, 2.75) is 66.3 Å². The first kappa shape index (κ1) is 21.0. The summed E-state index contributed by atoms with van der Waals surface area (Å²) in [5, 5.41) is 20.8. The number of nitro groups is 1. The standard InChI is InChI=1S/C22H27N7O2S/c1-5-22(3,4)14-6-7-15-16(11-14)32-21-19(15)20-24-17(25-28(20)12-23-21)8-9-27-13(2)10-18(26-27)29(30)31/h10,12,14H,5-9,11H2,1-4H3/t14-/m0/s1. The maximum atomic E-state index is 11.0. The molecule has 4 aromatic rings. The second-order valence-corrected chi connectivity index (χ2v) is 10.5. The monoisotopic (exact) mass is 453 g/mol. The third-order valence-electron chi connectivity index (χ3n) is 7.15. The Labute approximate surface area is 189 Å². The first-order chi connectivity index (χ1) is 15.3. The second-order valence-electron chi connectivity index (χ2n) is 9.38. The van der Waals surface area contributed by atoms with Gasteiger partial charge in [-0.1, -0.05) is 27.2 Å². The summed E-state index contributed by atoms with van der Waals surface area (Å²) >= 11 is 1.80. The molecule has 0 amide bonds. The second kappa shape index (κ2) is 7.61. The predicted molar refractivity (Wildman–Crippen MR) is 123 cm³/mol. The van der Waals surface area contributed by atoms with Crippen molar-refractivity contribution >= 4 is 33.0 Å². The summed E-state index contributed by atoms with van der Waals surface area (Å²) < 4.78 is 3.41. The van der Waals surface area contributed by atoms with E-state index in [0.717, 1.165) is 34.4 Å². The number of aryl methyl sites for hydroxylation is 4. The zero-order valence-electron chi connectivity index (χ0n) is 18.8. The number of thiophene rings is 1. The summed E-state index contributed by atoms with van der Waals surface area (Å²) in [6.07, 6.45) is 6.84. The average Bonchev–Trinajstić information content (AvgIpc) is 3.45. The lowest BCUT2D eigenvalue weighted by Crippen LogP contribution is -2.28. The summed E-state index contributed by atoms with van der Waals surface area (Å²) in [6.45, 7) is 9.35. The van der Waals surface area contributed by atoms with Gasteiger partial charge in [0.2, 0.25) is 0 Å². The summed E-state index contributed by atoms with van der Waals surface area (Å²) in [5.41, 5.74) is 3.35. The van der Waals surface area contributed by atoms with Crippen LogP contribution >= 0.6 is 11.3 Å². The van der Waals surface area contributed by atoms with E-state index >= 15 is 0 Å². The maximum absolute atomic E-state index is 11.0. The fourth-order valence-electron chi connectivity index (χ4n) is 4.69. The minimum absolute atomic E-state index is 0.133. The van der Waals surface area contributed by atoms with Crippen LogP contribution in [-0.4, -0.2) is 34.3 Å². The molecule has 168 valence electrons. The SMILES string of the molecule is CCC(C)(C)[C@H]1CCc2c(sc3ncn4nc(CCn5nc([N+](=O)[O-])cc5C)nc4c23)C1. The number of nitrogens with zero attached hydrogens (tertiary/aromatic N) is 7. The fourth-order valence-corrected chi connectivity index (χ4v) is 5.96. The van der Waals surface area contributed by atoms with Gasteiger partial charge in [0.15, 0.2) is 11.5 Å². The van der Waals surface area contributed by atoms with Crippen molar-refractivity contribution in [3.05, 3.63) is 44.5 Å². The molecule has 0 aromatic carbocycles. The topological polar surface area (TPSA) is 104 Å². The number of hydrogen-bond acceptors (Lipinski definition) is 7. The third-order valence-corrected chi connectivity index (χ3v) is 8.31. The normalized spacial score (nSPS) is 16.7. The van der Waals surface area contributed by atoms with Crippen LogP contribution in [-0.2, 0) is 25.8 Å². The van der Waals surface area contributed by atoms with E-state index in [9.17, 15) is 10.1 Å². The van der Waals surface area contributed by atoms with Crippen molar-refractivity contribution in [2.75, 3.05) is 0 Å². The predicted octanol–water partition coefficient (Wildman–Crippen LogP) is 4.54. The van der Waals surface area contributed by atoms with Crippen LogP contribution in [0.5, 0.6) is 0 Å². The van der Waals surface area contributed by atoms with Crippen LogP contribution in [0.4, 0.5) is 5.82 Å². The van der Waals surface area contributed by atoms with Crippen LogP contribution in [0.1, 0.15) is 55.6 Å². The molecular weight excluding hydrogens is 426 g/mol. The molecular formula is C22H27N7O2S. The average molecular weight is 454 g/mol. The van der Waals surface area contributed by atoms with Gasteiger partial charge >= 0.3 is 5.82 Å². The zero-order chi connectivity index (χ0) is 22.6. The van der Waals surface area contributed by atoms with Crippen molar-refractivity contribution in [1.29, 1.82) is 0 Å². The quantitative estimate of drug-likeness (QED) is 0.314. The molecule has 10 heteroatoms. The highest BCUT2D eigenvalue weighted by Gasteiger charge is 2.33. The minimum atomic E-state index is -0.471. The molecule has 0 saturated heterocycles. The minimum Gasteiger partial charge on any atom is -0.358 e. The Kier molecular flexibility index (Phi) is 4.99. The van der Waals surface area contributed by atoms with Crippen LogP contribution in [0.3, 0.4) is 0 Å². The van der Waals surface area contributed by atoms with Gasteiger partial charge in [0.1, 0.15) is 11.2 Å². The van der Waals surface area contributed by atoms with E-state index in [1.165, 1.54) is 29.3 Å². The van der Waals surface area contributed by atoms with E-state index in [1.807, 2.05) is 6.92 Å². The third kappa shape index (κ3) is 3.46. The Morgan fingerprint density at radius 2 is 2.16 bits per heavy atom. The molecule has 0 fully saturated rings. The molecule has 0 aliphatic heterocycles. The van der Waals surface area contributed by atoms with Gasteiger partial charge in [-0.25, -0.2) is 14.5 Å². The van der Waals surface area contributed by atoms with E-state index in [0.29, 0.717) is 30.1 Å². The molecule has 9 nitrogen and oxygen atoms in total. The first-order valence-electron chi connectivity index (χ1n) is 11.1. The van der Waals surface area contributed by atoms with E-state index in [2.05, 4.69) is 36.0 Å². The number of hydrogen-bond donors (Lipinski definition) is 0. The van der Waals surface area contributed by atoms with Crippen LogP contribution in [0.25, 0.3) is 15.9 Å². The van der Waals surface area contributed by atoms with E-state index in [-0.39, 0.29) is 5.82 Å². The molecule has 32 heavy (non-hydrogen) atoms. The van der Waals surface area contributed by atoms with Crippen molar-refractivity contribution in [3.63, 3.8) is 0 Å². The van der Waals surface area contributed by atoms with Crippen molar-refractivity contribution in [1.82, 2.24) is 29.4 Å². The molecule has 0 spiro atoms. The van der Waals surface area contributed by atoms with Gasteiger partial charge < -0.3 is 10.1 Å². The van der Waals surface area contributed by atoms with Crippen LogP contribution in [0, 0.1) is 28.4 Å². The van der Waals surface area contributed by atoms with Crippen LogP contribution in [0.2, 0.25) is 0 Å². The molecule has 1 aliphatic rings. The van der Waals surface area contributed by atoms with Gasteiger partial charge in [0, 0.05) is 11.3 Å². The molecule has 0 N–H and O–H groups in total. The Morgan fingerprint density at radius 1 is 1.34 bits per heavy atom. The van der Waals surface area contributed by atoms with Crippen LogP contribution < -0.4 is 0 Å². The van der Waals surface area contributed by atoms with Gasteiger partial charge in [-0.3, -0.25) is 0 Å². The molecule has 5 rings (SSSR count). The Bertz CT molecular complexity index is 1330. The zero-order valence-corrected chi connectivity index (χ0v) is 19.6. The summed E-state index contributed by atoms with van der Waals surface area (Å²) in [6, 6.07) is 1.48. The summed E-state index contributed by atoms with van der Waals surface area (Å²) in [4.78, 5) is 22.5. The summed E-state index contributed by atoms with van der Waals surface area (Å²) in [5.74, 6) is 1.25. The van der Waals surface area contributed by atoms with Gasteiger partial charge in [-0.05, 0) is 48.0 Å². The number of fused-ring (bicyclic) bond motifs is 5. The van der Waals surface area contributed by atoms with Gasteiger partial charge in [0.25, 0.3) is 0 Å². The fraction of sp³-hybridized carbons (Fsp3) is 0.545. The molecule has 0 saturated carbocycles. The van der Waals surface area contributed by atoms with Crippen molar-refractivity contribution in [3.8, 4) is 0 Å². The maximum Gasteiger partial charge on any atom is 0.390 e. The van der Waals surface area contributed by atoms with Crippen molar-refractivity contribution < 1.29 is 4.92 Å². The molecule has 0 bridgehead atoms. The Hall–Kier alpha value is -2.88. The Balaban J connectivity index is 1.45. The highest BCUT2D eigenvalue weighted by molar-refractivity contribution is 7.19. The lowest BCUT2D eigenvalue weighted by Gasteiger charge is -2.36. The largest absolute Gasteiger partial charge is 0.390 e. The molecule has 1 aliphatic carbocycles. The molecule has 4 aromatic heterocycles. The van der Waals surface area contributed by atoms with Gasteiger partial charge in [0.05, 0.1) is 28.8 Å². The van der Waals surface area contributed by atoms with E-state index < -0.39 is 4.92 Å². The molecule has 0 unspecified atom stereocenters. The van der Waals surface area contributed by atoms with Crippen LogP contribution in [0.15, 0.2) is 12.4 Å². The van der Waals surface area contributed by atoms with Gasteiger partial charge in [-0.2, -0.15) is 4.68 Å². The number of rotatable bonds is 6. The Morgan fingerprint density at radius 3 is 2.88 bits per heavy atom.